The molecule has 0 spiro atoms. The number of nitrogens with zero attached hydrogens (tertiary/aromatic N) is 1. The zero-order chi connectivity index (χ0) is 21.4. The van der Waals surface area contributed by atoms with E-state index in [0.29, 0.717) is 38.1 Å². The molecule has 2 unspecified atom stereocenters. The van der Waals surface area contributed by atoms with Crippen molar-refractivity contribution in [2.45, 2.75) is 11.8 Å². The van der Waals surface area contributed by atoms with Gasteiger partial charge in [-0.25, -0.2) is 0 Å². The number of likely N-dealkylation sites (N-methyl/N-ethyl adjacent to an activating group) is 1. The van der Waals surface area contributed by atoms with Crippen molar-refractivity contribution in [2.24, 2.45) is 5.92 Å². The number of hydrogen-bond acceptors (Lipinski definition) is 5. The minimum Gasteiger partial charge on any atom is -0.498 e. The Morgan fingerprint density at radius 1 is 1.37 bits per heavy atom. The van der Waals surface area contributed by atoms with Crippen molar-refractivity contribution in [3.05, 3.63) is 63.5 Å². The van der Waals surface area contributed by atoms with Crippen LogP contribution in [0.5, 0.6) is 0 Å². The van der Waals surface area contributed by atoms with Crippen LogP contribution in [0.25, 0.3) is 16.6 Å². The molecule has 154 valence electrons. The summed E-state index contributed by atoms with van der Waals surface area (Å²) in [7, 11) is 2.88. The number of H-pyrrole nitrogens is 1. The first-order valence-corrected chi connectivity index (χ1v) is 10.0. The van der Waals surface area contributed by atoms with Gasteiger partial charge in [0.1, 0.15) is 11.5 Å². The Labute approximate surface area is 181 Å². The Morgan fingerprint density at radius 2 is 2.13 bits per heavy atom. The summed E-state index contributed by atoms with van der Waals surface area (Å²) in [4.78, 5) is 31.2. The first-order valence-electron chi connectivity index (χ1n) is 9.26. The van der Waals surface area contributed by atoms with Crippen molar-refractivity contribution in [1.82, 2.24) is 15.2 Å². The number of carbonyl (C=O) groups excluding carboxylic acids is 2. The molecule has 3 N–H and O–H groups in total. The van der Waals surface area contributed by atoms with Crippen molar-refractivity contribution in [1.29, 1.82) is 0 Å². The number of Topliss-reactive ketones (excluding diaryl/α,β-unsaturated/α-hetero) is 1. The maximum Gasteiger partial charge on any atom is 0.285 e. The van der Waals surface area contributed by atoms with Gasteiger partial charge in [0.25, 0.3) is 11.6 Å². The smallest absolute Gasteiger partial charge is 0.285 e. The Kier molecular flexibility index (Phi) is 4.09. The van der Waals surface area contributed by atoms with Gasteiger partial charge >= 0.3 is 0 Å². The molecular formula is C21H17Cl2N3O4. The summed E-state index contributed by atoms with van der Waals surface area (Å²) in [5.74, 6) is -1.46. The van der Waals surface area contributed by atoms with E-state index in [1.54, 1.807) is 36.4 Å². The van der Waals surface area contributed by atoms with Gasteiger partial charge < -0.3 is 25.0 Å². The quantitative estimate of drug-likeness (QED) is 0.617. The van der Waals surface area contributed by atoms with Crippen molar-refractivity contribution in [3.63, 3.8) is 0 Å². The fourth-order valence-corrected chi connectivity index (χ4v) is 5.02. The first-order chi connectivity index (χ1) is 14.3. The molecular weight excluding hydrogens is 429 g/mol. The summed E-state index contributed by atoms with van der Waals surface area (Å²) in [6.07, 6.45) is 5.21. The number of rotatable bonds is 2. The zero-order valence-electron chi connectivity index (χ0n) is 16.0. The van der Waals surface area contributed by atoms with Gasteiger partial charge in [-0.3, -0.25) is 9.59 Å². The highest BCUT2D eigenvalue weighted by molar-refractivity contribution is 6.32. The summed E-state index contributed by atoms with van der Waals surface area (Å²) < 4.78 is 5.72. The first kappa shape index (κ1) is 19.2. The number of hydrogen-bond donors (Lipinski definition) is 3. The van der Waals surface area contributed by atoms with E-state index in [1.165, 1.54) is 19.1 Å². The van der Waals surface area contributed by atoms with Crippen LogP contribution in [0.3, 0.4) is 0 Å². The molecule has 1 aromatic carbocycles. The maximum absolute atomic E-state index is 13.7. The van der Waals surface area contributed by atoms with E-state index in [2.05, 4.69) is 10.3 Å². The molecule has 0 bridgehead atoms. The lowest BCUT2D eigenvalue weighted by molar-refractivity contribution is -0.148. The molecule has 2 aromatic rings. The molecule has 0 saturated carbocycles. The molecule has 3 aliphatic rings. The van der Waals surface area contributed by atoms with E-state index in [-0.39, 0.29) is 11.5 Å². The topological polar surface area (TPSA) is 94.7 Å². The summed E-state index contributed by atoms with van der Waals surface area (Å²) >= 11 is 12.4. The molecule has 30 heavy (non-hydrogen) atoms. The third kappa shape index (κ3) is 2.25. The zero-order valence-corrected chi connectivity index (χ0v) is 17.5. The number of nitrogens with one attached hydrogen (secondary N) is 2. The molecule has 2 aliphatic heterocycles. The largest absolute Gasteiger partial charge is 0.498 e. The molecule has 0 saturated heterocycles. The van der Waals surface area contributed by atoms with Gasteiger partial charge in [-0.15, -0.1) is 0 Å². The Balaban J connectivity index is 1.90. The highest BCUT2D eigenvalue weighted by Crippen LogP contribution is 2.52. The number of carbonyl (C=O) groups is 2. The fraction of sp³-hybridized carbons (Fsp3) is 0.238. The lowest BCUT2D eigenvalue weighted by Gasteiger charge is -2.43. The molecule has 3 atom stereocenters. The summed E-state index contributed by atoms with van der Waals surface area (Å²) in [5, 5.41) is 15.5. The second-order valence-electron chi connectivity index (χ2n) is 7.36. The lowest BCUT2D eigenvalue weighted by atomic mass is 9.88. The van der Waals surface area contributed by atoms with E-state index < -0.39 is 23.5 Å². The molecule has 5 rings (SSSR count). The minimum absolute atomic E-state index is 0.192. The molecule has 0 radical (unpaired) electrons. The predicted molar refractivity (Wildman–Crippen MR) is 113 cm³/mol. The number of benzene rings is 1. The van der Waals surface area contributed by atoms with Crippen LogP contribution in [0.1, 0.15) is 16.1 Å². The molecule has 9 heteroatoms. The molecule has 0 fully saturated rings. The van der Waals surface area contributed by atoms with Crippen LogP contribution in [0.4, 0.5) is 0 Å². The Morgan fingerprint density at radius 3 is 2.83 bits per heavy atom. The number of aromatic nitrogens is 1. The number of ether oxygens (including phenoxy) is 1. The average Bonchev–Trinajstić information content (AvgIpc) is 3.26. The standard InChI is InChI=1S/C21H17Cl2N3O4/c1-24-20(28)21(29)19(27)15-11-7-9(22)3-5-13(11)25-16(15)17-18(30-2)12-8-10(23)4-6-14(12)26(17)21/h3-8,12,14,25,29H,1-2H3,(H,24,28)/t12?,14?,21-/m1/s1. The van der Waals surface area contributed by atoms with E-state index in [1.807, 2.05) is 0 Å². The number of aliphatic hydroxyl groups is 1. The van der Waals surface area contributed by atoms with E-state index in [0.717, 1.165) is 0 Å². The van der Waals surface area contributed by atoms with Gasteiger partial charge in [-0.05, 0) is 24.3 Å². The van der Waals surface area contributed by atoms with Crippen molar-refractivity contribution in [3.8, 4) is 0 Å². The summed E-state index contributed by atoms with van der Waals surface area (Å²) in [5.41, 5.74) is -0.722. The van der Waals surface area contributed by atoms with Crippen LogP contribution in [0, 0.1) is 5.92 Å². The summed E-state index contributed by atoms with van der Waals surface area (Å²) in [6.45, 7) is 0. The van der Waals surface area contributed by atoms with E-state index >= 15 is 0 Å². The van der Waals surface area contributed by atoms with Crippen LogP contribution >= 0.6 is 23.2 Å². The average molecular weight is 446 g/mol. The molecule has 1 aromatic heterocycles. The number of aromatic amines is 1. The van der Waals surface area contributed by atoms with Gasteiger partial charge in [0, 0.05) is 28.0 Å². The van der Waals surface area contributed by atoms with E-state index in [9.17, 15) is 14.7 Å². The maximum atomic E-state index is 13.7. The molecule has 1 amide bonds. The Hall–Kier alpha value is -2.74. The summed E-state index contributed by atoms with van der Waals surface area (Å²) in [6, 6.07) is 4.55. The monoisotopic (exact) mass is 445 g/mol. The van der Waals surface area contributed by atoms with E-state index in [4.69, 9.17) is 27.9 Å². The van der Waals surface area contributed by atoms with Crippen molar-refractivity contribution < 1.29 is 19.4 Å². The van der Waals surface area contributed by atoms with Crippen LogP contribution < -0.4 is 5.32 Å². The minimum atomic E-state index is -2.47. The van der Waals surface area contributed by atoms with Crippen LogP contribution in [0.15, 0.2) is 47.2 Å². The molecule has 1 aliphatic carbocycles. The second kappa shape index (κ2) is 6.38. The van der Waals surface area contributed by atoms with Crippen LogP contribution in [-0.2, 0) is 9.53 Å². The lowest BCUT2D eigenvalue weighted by Crippen LogP contribution is -2.66. The third-order valence-corrected chi connectivity index (χ3v) is 6.37. The second-order valence-corrected chi connectivity index (χ2v) is 8.23. The van der Waals surface area contributed by atoms with Crippen LogP contribution in [-0.4, -0.2) is 52.6 Å². The number of halogens is 2. The van der Waals surface area contributed by atoms with Gasteiger partial charge in [-0.2, -0.15) is 0 Å². The number of fused-ring (bicyclic) bond motifs is 7. The van der Waals surface area contributed by atoms with Gasteiger partial charge in [0.2, 0.25) is 5.78 Å². The fourth-order valence-electron chi connectivity index (χ4n) is 4.64. The van der Waals surface area contributed by atoms with Crippen molar-refractivity contribution in [2.75, 3.05) is 14.2 Å². The predicted octanol–water partition coefficient (Wildman–Crippen LogP) is 2.76. The number of allylic oxidation sites excluding steroid dienone is 2. The highest BCUT2D eigenvalue weighted by Gasteiger charge is 2.62. The number of methoxy groups -OCH3 is 1. The number of ketones is 1. The third-order valence-electron chi connectivity index (χ3n) is 5.89. The van der Waals surface area contributed by atoms with Crippen LogP contribution in [0.2, 0.25) is 5.02 Å². The number of amides is 1. The molecule has 3 heterocycles. The normalized spacial score (nSPS) is 27.0. The van der Waals surface area contributed by atoms with Gasteiger partial charge in [-0.1, -0.05) is 35.4 Å². The van der Waals surface area contributed by atoms with Crippen molar-refractivity contribution >= 4 is 51.5 Å². The van der Waals surface area contributed by atoms with Gasteiger partial charge in [0.05, 0.1) is 30.3 Å². The Bertz CT molecular complexity index is 1230. The highest BCUT2D eigenvalue weighted by atomic mass is 35.5. The molecule has 7 nitrogen and oxygen atoms in total. The van der Waals surface area contributed by atoms with Gasteiger partial charge in [0.15, 0.2) is 0 Å². The SMILES string of the molecule is CNC(=O)[C@]1(O)C(=O)c2c([nH]c3ccc(Cl)cc23)C2=C(OC)C3C=C(Cl)C=CC3N21.